The summed E-state index contributed by atoms with van der Waals surface area (Å²) in [6, 6.07) is 11.5. The molecule has 3 aromatic rings. The minimum Gasteiger partial charge on any atom is -0.465 e. The topological polar surface area (TPSA) is 98.0 Å². The maximum Gasteiger partial charge on any atom is 0.326 e. The Kier molecular flexibility index (Phi) is 8.40. The van der Waals surface area contributed by atoms with Crippen LogP contribution in [0.3, 0.4) is 0 Å². The van der Waals surface area contributed by atoms with E-state index in [-0.39, 0.29) is 23.6 Å². The molecule has 0 aliphatic carbocycles. The van der Waals surface area contributed by atoms with Crippen LogP contribution in [0.2, 0.25) is 0 Å². The second kappa shape index (κ2) is 11.1. The highest BCUT2D eigenvalue weighted by atomic mass is 32.2. The highest BCUT2D eigenvalue weighted by Crippen LogP contribution is 2.20. The number of hydrogen-bond donors (Lipinski definition) is 0. The van der Waals surface area contributed by atoms with E-state index in [4.69, 9.17) is 4.74 Å². The number of nitrogens with zero attached hydrogens (tertiary/aromatic N) is 3. The fourth-order valence-corrected chi connectivity index (χ4v) is 5.69. The van der Waals surface area contributed by atoms with E-state index in [1.165, 1.54) is 39.9 Å². The van der Waals surface area contributed by atoms with Gasteiger partial charge in [-0.05, 0) is 62.2 Å². The zero-order valence-corrected chi connectivity index (χ0v) is 21.4. The van der Waals surface area contributed by atoms with E-state index in [0.29, 0.717) is 11.3 Å². The zero-order chi connectivity index (χ0) is 24.9. The molecule has 0 fully saturated rings. The van der Waals surface area contributed by atoms with Crippen LogP contribution >= 0.6 is 11.3 Å². The molecule has 1 aromatic heterocycles. The molecule has 0 aliphatic rings. The number of aromatic nitrogens is 1. The third-order valence-electron chi connectivity index (χ3n) is 5.26. The van der Waals surface area contributed by atoms with Crippen LogP contribution in [0.15, 0.2) is 52.4 Å². The van der Waals surface area contributed by atoms with Crippen molar-refractivity contribution in [1.82, 2.24) is 8.87 Å². The molecular weight excluding hydrogens is 474 g/mol. The van der Waals surface area contributed by atoms with Crippen molar-refractivity contribution in [3.8, 4) is 0 Å². The van der Waals surface area contributed by atoms with Crippen LogP contribution in [0, 0.1) is 6.92 Å². The van der Waals surface area contributed by atoms with Gasteiger partial charge in [-0.25, -0.2) is 12.7 Å². The summed E-state index contributed by atoms with van der Waals surface area (Å²) >= 11 is 1.31. The number of carbonyl (C=O) groups excluding carboxylic acids is 2. The molecule has 0 aliphatic heterocycles. The van der Waals surface area contributed by atoms with Gasteiger partial charge in [0, 0.05) is 19.2 Å². The minimum absolute atomic E-state index is 0.0652. The average Bonchev–Trinajstić information content (AvgIpc) is 3.13. The van der Waals surface area contributed by atoms with E-state index in [2.05, 4.69) is 4.99 Å². The third-order valence-corrected chi connectivity index (χ3v) is 8.18. The highest BCUT2D eigenvalue weighted by molar-refractivity contribution is 7.89. The van der Waals surface area contributed by atoms with Gasteiger partial charge in [0.15, 0.2) is 4.80 Å². The summed E-state index contributed by atoms with van der Waals surface area (Å²) in [4.78, 5) is 29.8. The van der Waals surface area contributed by atoms with E-state index in [9.17, 15) is 18.0 Å². The fraction of sp³-hybridized carbons (Fsp3) is 0.375. The van der Waals surface area contributed by atoms with Crippen molar-refractivity contribution in [2.45, 2.75) is 45.1 Å². The van der Waals surface area contributed by atoms with E-state index in [0.717, 1.165) is 28.6 Å². The highest BCUT2D eigenvalue weighted by Gasteiger charge is 2.20. The first kappa shape index (κ1) is 25.8. The van der Waals surface area contributed by atoms with Crippen LogP contribution in [0.1, 0.15) is 42.6 Å². The van der Waals surface area contributed by atoms with Crippen molar-refractivity contribution in [1.29, 1.82) is 0 Å². The summed E-state index contributed by atoms with van der Waals surface area (Å²) in [5.74, 6) is -0.942. The van der Waals surface area contributed by atoms with Crippen molar-refractivity contribution < 1.29 is 22.7 Å². The molecule has 0 N–H and O–H groups in total. The Labute approximate surface area is 203 Å². The van der Waals surface area contributed by atoms with Crippen LogP contribution in [0.4, 0.5) is 0 Å². The van der Waals surface area contributed by atoms with Gasteiger partial charge in [0.05, 0.1) is 21.7 Å². The monoisotopic (exact) mass is 503 g/mol. The van der Waals surface area contributed by atoms with Gasteiger partial charge < -0.3 is 9.30 Å². The molecule has 0 saturated heterocycles. The molecular formula is C24H29N3O5S2. The molecule has 0 unspecified atom stereocenters. The molecule has 1 heterocycles. The van der Waals surface area contributed by atoms with Gasteiger partial charge in [-0.15, -0.1) is 0 Å². The number of rotatable bonds is 9. The van der Waals surface area contributed by atoms with Gasteiger partial charge >= 0.3 is 5.97 Å². The number of thiazole rings is 1. The van der Waals surface area contributed by atoms with Gasteiger partial charge in [0.1, 0.15) is 6.54 Å². The Balaban J connectivity index is 1.95. The number of unbranched alkanes of at least 4 members (excludes halogenated alkanes) is 1. The molecule has 0 atom stereocenters. The smallest absolute Gasteiger partial charge is 0.326 e. The quantitative estimate of drug-likeness (QED) is 0.415. The maximum absolute atomic E-state index is 12.9. The molecule has 0 saturated carbocycles. The largest absolute Gasteiger partial charge is 0.465 e. The number of benzene rings is 2. The first-order valence-corrected chi connectivity index (χ1v) is 13.3. The van der Waals surface area contributed by atoms with Crippen molar-refractivity contribution in [2.75, 3.05) is 20.2 Å². The van der Waals surface area contributed by atoms with E-state index < -0.39 is 21.9 Å². The number of sulfonamides is 1. The van der Waals surface area contributed by atoms with Crippen LogP contribution < -0.4 is 4.80 Å². The number of esters is 1. The summed E-state index contributed by atoms with van der Waals surface area (Å²) < 4.78 is 34.4. The Bertz CT molecular complexity index is 1360. The number of fused-ring (bicyclic) bond motifs is 1. The molecule has 2 aromatic carbocycles. The molecule has 34 heavy (non-hydrogen) atoms. The van der Waals surface area contributed by atoms with E-state index in [1.807, 2.05) is 32.0 Å². The Hall–Kier alpha value is -2.82. The Morgan fingerprint density at radius 2 is 1.82 bits per heavy atom. The van der Waals surface area contributed by atoms with Gasteiger partial charge in [-0.3, -0.25) is 9.59 Å². The van der Waals surface area contributed by atoms with E-state index in [1.54, 1.807) is 18.5 Å². The lowest BCUT2D eigenvalue weighted by Gasteiger charge is -2.16. The van der Waals surface area contributed by atoms with Crippen molar-refractivity contribution in [3.63, 3.8) is 0 Å². The number of aryl methyl sites for hydroxylation is 1. The second-order valence-electron chi connectivity index (χ2n) is 7.87. The summed E-state index contributed by atoms with van der Waals surface area (Å²) in [6.45, 7) is 6.32. The molecule has 1 amide bonds. The first-order valence-electron chi connectivity index (χ1n) is 11.1. The van der Waals surface area contributed by atoms with Gasteiger partial charge in [-0.1, -0.05) is 30.7 Å². The second-order valence-corrected chi connectivity index (χ2v) is 10.9. The van der Waals surface area contributed by atoms with Crippen molar-refractivity contribution in [2.24, 2.45) is 4.99 Å². The Morgan fingerprint density at radius 3 is 2.47 bits per heavy atom. The molecule has 0 bridgehead atoms. The SMILES string of the molecule is CCCCN(C)S(=O)(=O)c1ccc(C(=O)N=c2sc3cc(C)ccc3n2CC(=O)OCC)cc1. The summed E-state index contributed by atoms with van der Waals surface area (Å²) in [5, 5.41) is 0. The van der Waals surface area contributed by atoms with E-state index >= 15 is 0 Å². The number of hydrogen-bond acceptors (Lipinski definition) is 6. The molecule has 10 heteroatoms. The normalized spacial score (nSPS) is 12.4. The lowest BCUT2D eigenvalue weighted by Crippen LogP contribution is -2.27. The fourth-order valence-electron chi connectivity index (χ4n) is 3.36. The maximum atomic E-state index is 12.9. The summed E-state index contributed by atoms with van der Waals surface area (Å²) in [6.07, 6.45) is 1.66. The van der Waals surface area contributed by atoms with Crippen LogP contribution in [-0.4, -0.2) is 49.4 Å². The number of carbonyl (C=O) groups is 2. The lowest BCUT2D eigenvalue weighted by atomic mass is 10.2. The molecule has 182 valence electrons. The van der Waals surface area contributed by atoms with Gasteiger partial charge in [0.2, 0.25) is 10.0 Å². The minimum atomic E-state index is -3.62. The first-order chi connectivity index (χ1) is 16.2. The van der Waals surface area contributed by atoms with Crippen LogP contribution in [0.5, 0.6) is 0 Å². The van der Waals surface area contributed by atoms with Crippen molar-refractivity contribution in [3.05, 3.63) is 58.4 Å². The lowest BCUT2D eigenvalue weighted by molar-refractivity contribution is -0.143. The number of amides is 1. The van der Waals surface area contributed by atoms with Gasteiger partial charge in [0.25, 0.3) is 5.91 Å². The molecule has 0 spiro atoms. The third kappa shape index (κ3) is 5.81. The number of ether oxygens (including phenoxy) is 1. The summed E-state index contributed by atoms with van der Waals surface area (Å²) in [5.41, 5.74) is 2.09. The summed E-state index contributed by atoms with van der Waals surface area (Å²) in [7, 11) is -2.08. The molecule has 0 radical (unpaired) electrons. The van der Waals surface area contributed by atoms with Crippen LogP contribution in [0.25, 0.3) is 10.2 Å². The van der Waals surface area contributed by atoms with Crippen LogP contribution in [-0.2, 0) is 26.1 Å². The van der Waals surface area contributed by atoms with Gasteiger partial charge in [-0.2, -0.15) is 4.99 Å². The standard InChI is InChI=1S/C24H29N3O5S2/c1-5-7-14-26(4)34(30,31)19-11-9-18(10-12-19)23(29)25-24-27(16-22(28)32-6-2)20-13-8-17(3)15-21(20)33-24/h8-13,15H,5-7,14,16H2,1-4H3. The molecule has 3 rings (SSSR count). The molecule has 8 nitrogen and oxygen atoms in total. The van der Waals surface area contributed by atoms with Crippen molar-refractivity contribution >= 4 is 43.5 Å². The zero-order valence-electron chi connectivity index (χ0n) is 19.8. The Morgan fingerprint density at radius 1 is 1.12 bits per heavy atom. The predicted molar refractivity (Wildman–Crippen MR) is 132 cm³/mol. The predicted octanol–water partition coefficient (Wildman–Crippen LogP) is 3.74. The average molecular weight is 504 g/mol.